The van der Waals surface area contributed by atoms with E-state index in [1.807, 2.05) is 42.5 Å². The average molecular weight is 1570 g/mol. The molecule has 3 fully saturated rings. The summed E-state index contributed by atoms with van der Waals surface area (Å²) in [6.45, 7) is 12.2. The van der Waals surface area contributed by atoms with Gasteiger partial charge in [-0.2, -0.15) is 0 Å². The van der Waals surface area contributed by atoms with Gasteiger partial charge < -0.3 is 61.5 Å². The van der Waals surface area contributed by atoms with Crippen LogP contribution in [0.4, 0.5) is 0 Å². The molecule has 0 aromatic heterocycles. The Bertz CT molecular complexity index is 3980. The van der Waals surface area contributed by atoms with E-state index in [0.717, 1.165) is 32.7 Å². The number of aliphatic hydroxyl groups excluding tert-OH is 2. The average Bonchev–Trinajstić information content (AvgIpc) is 1.33. The second kappa shape index (κ2) is 42.7. The Balaban J connectivity index is 1.22. The number of carbonyl (C=O) groups is 15. The first kappa shape index (κ1) is 89.4. The number of likely N-dealkylation sites (N-methyl/N-ethyl adjacent to an activating group) is 2. The zero-order valence-corrected chi connectivity index (χ0v) is 66.6. The standard InChI is InChI=1S/C84H111N9O18S/c1-11-23-69(96)66-47-112-48-74(101)86-64(41-55-24-15-12-16-25-55)72(99)45-62(49(2)3)83(110)92-38-21-30-67(92)73(100)46-63(53(7)94)78(105)89-76(54(8)95)80(107)87-65(42-56-26-17-13-18-27-56)84(111)91(10)52(6)71(98)44-61(40-57-32-34-59(35-33-57)58-28-19-14-20-29-58)82(109)90(9)51(5)70(97)43-60(36-37-75(102)103)77(104)85-50(4)81(108)93-39-22-31-68(93)79(106)88-66/h12-20,24-29,32-35,49-54,60-68,76,94-95H,11,21-23,30-31,36-48H2,1-10H3,(H,85,104)(H,86,101)(H,87,107)(H,88,106)(H,89,105)(H,102,103)/t50-,51-,52-,53+,54+,60+,61+,62-,63-,64-,65-,66-,67-,68-,76-/m0/s1. The van der Waals surface area contributed by atoms with Gasteiger partial charge in [0.1, 0.15) is 24.2 Å². The largest absolute Gasteiger partial charge is 0.481 e. The number of nitrogens with one attached hydrogen (secondary N) is 5. The number of benzene rings is 4. The number of hydrogen-bond acceptors (Lipinski definition) is 18. The molecule has 606 valence electrons. The fourth-order valence-electron chi connectivity index (χ4n) is 14.6. The molecule has 0 spiro atoms. The van der Waals surface area contributed by atoms with Crippen molar-refractivity contribution in [3.05, 3.63) is 132 Å². The maximum atomic E-state index is 15.1. The van der Waals surface area contributed by atoms with Gasteiger partial charge in [-0.3, -0.25) is 71.9 Å². The number of carboxylic acids is 1. The molecule has 9 amide bonds. The fourth-order valence-corrected chi connectivity index (χ4v) is 15.5. The number of amides is 9. The Kier molecular flexibility index (Phi) is 34.1. The number of rotatable bonds is 16. The number of hydrogen-bond donors (Lipinski definition) is 8. The first-order valence-electron chi connectivity index (χ1n) is 38.9. The van der Waals surface area contributed by atoms with E-state index in [4.69, 9.17) is 0 Å². The summed E-state index contributed by atoms with van der Waals surface area (Å²) < 4.78 is 0. The number of carboxylic acid groups (broad SMARTS) is 1. The fraction of sp³-hybridized carbons (Fsp3) is 0.536. The molecular weight excluding hydrogens is 1460 g/mol. The third-order valence-corrected chi connectivity index (χ3v) is 22.7. The van der Waals surface area contributed by atoms with Crippen molar-refractivity contribution in [1.82, 2.24) is 46.2 Å². The lowest BCUT2D eigenvalue weighted by atomic mass is 9.86. The van der Waals surface area contributed by atoms with E-state index in [1.54, 1.807) is 93.6 Å². The molecule has 27 nitrogen and oxygen atoms in total. The zero-order chi connectivity index (χ0) is 82.2. The monoisotopic (exact) mass is 1570 g/mol. The van der Waals surface area contributed by atoms with E-state index in [9.17, 15) is 77.6 Å². The quantitative estimate of drug-likeness (QED) is 0.0714. The molecule has 112 heavy (non-hydrogen) atoms. The lowest BCUT2D eigenvalue weighted by Gasteiger charge is -2.32. The third-order valence-electron chi connectivity index (χ3n) is 21.7. The highest BCUT2D eigenvalue weighted by molar-refractivity contribution is 8.00. The van der Waals surface area contributed by atoms with Crippen molar-refractivity contribution in [3.8, 4) is 11.1 Å². The highest BCUT2D eigenvalue weighted by Crippen LogP contribution is 2.31. The number of carbonyl (C=O) groups excluding carboxylic acids is 14. The number of aliphatic hydroxyl groups is 2. The molecule has 4 aromatic carbocycles. The summed E-state index contributed by atoms with van der Waals surface area (Å²) in [5.74, 6) is -16.9. The van der Waals surface area contributed by atoms with Crippen LogP contribution in [-0.2, 0) is 91.2 Å². The smallest absolute Gasteiger partial charge is 0.303 e. The Morgan fingerprint density at radius 2 is 1.01 bits per heavy atom. The van der Waals surface area contributed by atoms with Crippen molar-refractivity contribution in [3.63, 3.8) is 0 Å². The maximum Gasteiger partial charge on any atom is 0.303 e. The molecule has 8 N–H and O–H groups in total. The van der Waals surface area contributed by atoms with Crippen LogP contribution in [0, 0.1) is 29.6 Å². The topological polar surface area (TPSA) is 390 Å². The summed E-state index contributed by atoms with van der Waals surface area (Å²) in [7, 11) is 2.68. The second-order valence-corrected chi connectivity index (χ2v) is 31.4. The first-order chi connectivity index (χ1) is 53.2. The third kappa shape index (κ3) is 25.1. The van der Waals surface area contributed by atoms with E-state index in [2.05, 4.69) is 26.6 Å². The van der Waals surface area contributed by atoms with Gasteiger partial charge in [-0.05, 0) is 120 Å². The molecule has 0 unspecified atom stereocenters. The van der Waals surface area contributed by atoms with Crippen molar-refractivity contribution in [1.29, 1.82) is 0 Å². The van der Waals surface area contributed by atoms with Crippen LogP contribution in [0.15, 0.2) is 115 Å². The normalized spacial score (nSPS) is 26.5. The van der Waals surface area contributed by atoms with Gasteiger partial charge in [0.2, 0.25) is 53.2 Å². The Morgan fingerprint density at radius 1 is 0.491 bits per heavy atom. The van der Waals surface area contributed by atoms with Crippen molar-refractivity contribution < 1.29 is 87.2 Å². The van der Waals surface area contributed by atoms with Gasteiger partial charge >= 0.3 is 5.97 Å². The Hall–Kier alpha value is -9.80. The van der Waals surface area contributed by atoms with E-state index >= 15 is 9.59 Å². The van der Waals surface area contributed by atoms with Crippen LogP contribution in [0.3, 0.4) is 0 Å². The van der Waals surface area contributed by atoms with Crippen molar-refractivity contribution >= 4 is 99.8 Å². The van der Waals surface area contributed by atoms with Crippen LogP contribution in [0.2, 0.25) is 0 Å². The maximum absolute atomic E-state index is 15.1. The van der Waals surface area contributed by atoms with E-state index in [0.29, 0.717) is 36.0 Å². The first-order valence-corrected chi connectivity index (χ1v) is 40.0. The predicted molar refractivity (Wildman–Crippen MR) is 420 cm³/mol. The molecule has 3 saturated heterocycles. The summed E-state index contributed by atoms with van der Waals surface area (Å²) in [6.07, 6.45) is -4.90. The molecule has 3 heterocycles. The van der Waals surface area contributed by atoms with E-state index in [1.165, 1.54) is 58.5 Å². The molecule has 3 aliphatic heterocycles. The second-order valence-electron chi connectivity index (χ2n) is 30.4. The van der Waals surface area contributed by atoms with Crippen LogP contribution >= 0.6 is 11.8 Å². The number of aliphatic carboxylic acids is 1. The Morgan fingerprint density at radius 3 is 1.56 bits per heavy atom. The minimum Gasteiger partial charge on any atom is -0.481 e. The Labute approximate surface area is 659 Å². The number of thioether (sulfide) groups is 1. The molecule has 0 saturated carbocycles. The van der Waals surface area contributed by atoms with Crippen LogP contribution in [0.5, 0.6) is 0 Å². The van der Waals surface area contributed by atoms with Crippen molar-refractivity contribution in [2.45, 2.75) is 218 Å². The molecule has 0 radical (unpaired) electrons. The summed E-state index contributed by atoms with van der Waals surface area (Å²) in [5.41, 5.74) is 3.62. The van der Waals surface area contributed by atoms with E-state index in [-0.39, 0.29) is 81.7 Å². The highest BCUT2D eigenvalue weighted by Gasteiger charge is 2.44. The van der Waals surface area contributed by atoms with Crippen LogP contribution in [0.25, 0.3) is 11.1 Å². The van der Waals surface area contributed by atoms with E-state index < -0.39 is 204 Å². The van der Waals surface area contributed by atoms with Crippen molar-refractivity contribution in [2.24, 2.45) is 29.6 Å². The summed E-state index contributed by atoms with van der Waals surface area (Å²) >= 11 is 1.01. The van der Waals surface area contributed by atoms with Crippen LogP contribution in [0.1, 0.15) is 149 Å². The van der Waals surface area contributed by atoms with Crippen LogP contribution in [-0.4, -0.2) is 228 Å². The van der Waals surface area contributed by atoms with Gasteiger partial charge in [-0.1, -0.05) is 136 Å². The SMILES string of the molecule is CCCC(=O)[C@@H]1CSCC(=O)N[C@@H](Cc2ccccc2)C(=O)C[C@@H](C(C)C)C(=O)N2CCC[C@H]2C(=O)C[C@@H]([C@@H](C)O)C(=O)N[C@@H]([C@@H](C)O)C(=O)N[C@@H](Cc2ccccc2)C(=O)N(C)[C@@H](C)C(=O)C[C@@H](Cc2ccc(-c3ccccc3)cc2)C(=O)N(C)[C@@H](C)C(=O)C[C@@H](CCC(=O)O)C(=O)N[C@@H](C)C(=O)N2CCC[C@H]2C(=O)N1. The lowest BCUT2D eigenvalue weighted by Crippen LogP contribution is -2.59. The molecule has 0 bridgehead atoms. The molecule has 28 heteroatoms. The number of ketones is 5. The van der Waals surface area contributed by atoms with Gasteiger partial charge in [0.15, 0.2) is 28.9 Å². The van der Waals surface area contributed by atoms with Gasteiger partial charge in [-0.25, -0.2) is 0 Å². The van der Waals surface area contributed by atoms with Crippen LogP contribution < -0.4 is 26.6 Å². The number of fused-ring (bicyclic) bond motifs is 2. The molecule has 4 aromatic rings. The number of Topliss-reactive ketones (excluding diaryl/α,β-unsaturated/α-hetero) is 5. The van der Waals surface area contributed by atoms with Gasteiger partial charge in [0.25, 0.3) is 0 Å². The van der Waals surface area contributed by atoms with Gasteiger partial charge in [0.05, 0.1) is 54.1 Å². The summed E-state index contributed by atoms with van der Waals surface area (Å²) in [6, 6.07) is 22.4. The number of nitrogens with zero attached hydrogens (tertiary/aromatic N) is 4. The van der Waals surface area contributed by atoms with Gasteiger partial charge in [-0.15, -0.1) is 11.8 Å². The summed E-state index contributed by atoms with van der Waals surface area (Å²) in [4.78, 5) is 221. The minimum absolute atomic E-state index is 0.0252. The van der Waals surface area contributed by atoms with Gasteiger partial charge in [0, 0.05) is 95.6 Å². The molecule has 15 atom stereocenters. The molecular formula is C84H111N9O18S. The molecule has 3 aliphatic rings. The lowest BCUT2D eigenvalue weighted by molar-refractivity contribution is -0.145. The van der Waals surface area contributed by atoms with Crippen molar-refractivity contribution in [2.75, 3.05) is 38.7 Å². The predicted octanol–water partition coefficient (Wildman–Crippen LogP) is 5.20. The zero-order valence-electron chi connectivity index (χ0n) is 65.8. The summed E-state index contributed by atoms with van der Waals surface area (Å²) in [5, 5.41) is 45.7. The highest BCUT2D eigenvalue weighted by atomic mass is 32.2. The molecule has 7 rings (SSSR count). The minimum atomic E-state index is -1.81. The molecule has 0 aliphatic carbocycles.